The summed E-state index contributed by atoms with van der Waals surface area (Å²) in [6.07, 6.45) is 4.08. The van der Waals surface area contributed by atoms with Gasteiger partial charge in [-0.1, -0.05) is 32.4 Å². The maximum atomic E-state index is 5.48. The maximum absolute atomic E-state index is 5.48. The summed E-state index contributed by atoms with van der Waals surface area (Å²) in [4.78, 5) is 2.45. The molecule has 2 aliphatic rings. The summed E-state index contributed by atoms with van der Waals surface area (Å²) in [5.74, 6) is 1.51. The Labute approximate surface area is 128 Å². The van der Waals surface area contributed by atoms with Crippen molar-refractivity contribution in [2.45, 2.75) is 39.2 Å². The van der Waals surface area contributed by atoms with Crippen LogP contribution in [0.4, 0.5) is 11.4 Å². The van der Waals surface area contributed by atoms with E-state index in [9.17, 15) is 0 Å². The molecule has 2 atom stereocenters. The van der Waals surface area contributed by atoms with Crippen LogP contribution >= 0.6 is 0 Å². The van der Waals surface area contributed by atoms with E-state index >= 15 is 0 Å². The predicted octanol–water partition coefficient (Wildman–Crippen LogP) is 3.76. The fraction of sp³-hybridized carbons (Fsp3) is 0.667. The minimum Gasteiger partial charge on any atom is -0.380 e. The summed E-state index contributed by atoms with van der Waals surface area (Å²) in [5, 5.41) is 3.86. The first-order chi connectivity index (χ1) is 10.3. The second kappa shape index (κ2) is 6.69. The van der Waals surface area contributed by atoms with Crippen molar-refractivity contribution in [3.63, 3.8) is 0 Å². The SMILES string of the molecule is CC1CCCC(C)C1Nc1ccccc1N1CCOCC1. The van der Waals surface area contributed by atoms with Gasteiger partial charge in [-0.15, -0.1) is 0 Å². The number of morpholine rings is 1. The van der Waals surface area contributed by atoms with Crippen LogP contribution in [0.25, 0.3) is 0 Å². The summed E-state index contributed by atoms with van der Waals surface area (Å²) in [6.45, 7) is 8.45. The first-order valence-corrected chi connectivity index (χ1v) is 8.44. The Balaban J connectivity index is 1.78. The lowest BCUT2D eigenvalue weighted by Crippen LogP contribution is -2.39. The van der Waals surface area contributed by atoms with Crippen LogP contribution in [0.2, 0.25) is 0 Å². The van der Waals surface area contributed by atoms with Gasteiger partial charge >= 0.3 is 0 Å². The van der Waals surface area contributed by atoms with E-state index in [0.717, 1.165) is 38.1 Å². The van der Waals surface area contributed by atoms with Gasteiger partial charge in [-0.25, -0.2) is 0 Å². The first kappa shape index (κ1) is 14.7. The summed E-state index contributed by atoms with van der Waals surface area (Å²) in [7, 11) is 0. The highest BCUT2D eigenvalue weighted by Crippen LogP contribution is 2.34. The summed E-state index contributed by atoms with van der Waals surface area (Å²) >= 11 is 0. The summed E-state index contributed by atoms with van der Waals surface area (Å²) < 4.78 is 5.48. The van der Waals surface area contributed by atoms with Gasteiger partial charge in [0.05, 0.1) is 24.6 Å². The van der Waals surface area contributed by atoms with E-state index in [-0.39, 0.29) is 0 Å². The molecule has 116 valence electrons. The highest BCUT2D eigenvalue weighted by molar-refractivity contribution is 5.70. The molecule has 1 aliphatic carbocycles. The van der Waals surface area contributed by atoms with E-state index in [1.165, 1.54) is 30.6 Å². The van der Waals surface area contributed by atoms with Crippen molar-refractivity contribution in [3.05, 3.63) is 24.3 Å². The van der Waals surface area contributed by atoms with Crippen LogP contribution in [-0.2, 0) is 4.74 Å². The third-order valence-electron chi connectivity index (χ3n) is 5.12. The third kappa shape index (κ3) is 3.34. The molecule has 3 rings (SSSR count). The molecule has 1 saturated heterocycles. The van der Waals surface area contributed by atoms with Crippen molar-refractivity contribution >= 4 is 11.4 Å². The molecule has 0 spiro atoms. The number of rotatable bonds is 3. The van der Waals surface area contributed by atoms with Crippen molar-refractivity contribution in [2.24, 2.45) is 11.8 Å². The van der Waals surface area contributed by atoms with Gasteiger partial charge in [-0.3, -0.25) is 0 Å². The molecule has 1 aromatic carbocycles. The van der Waals surface area contributed by atoms with Gasteiger partial charge in [0.1, 0.15) is 0 Å². The Kier molecular flexibility index (Phi) is 4.69. The molecule has 1 saturated carbocycles. The molecule has 1 heterocycles. The molecule has 1 aromatic rings. The van der Waals surface area contributed by atoms with Crippen LogP contribution in [0.1, 0.15) is 33.1 Å². The second-order valence-electron chi connectivity index (χ2n) is 6.67. The Morgan fingerprint density at radius 3 is 2.43 bits per heavy atom. The maximum Gasteiger partial charge on any atom is 0.0642 e. The Bertz CT molecular complexity index is 446. The zero-order chi connectivity index (χ0) is 14.7. The van der Waals surface area contributed by atoms with Crippen LogP contribution in [-0.4, -0.2) is 32.3 Å². The average Bonchev–Trinajstić information content (AvgIpc) is 2.52. The number of benzene rings is 1. The zero-order valence-electron chi connectivity index (χ0n) is 13.3. The van der Waals surface area contributed by atoms with Gasteiger partial charge in [0.2, 0.25) is 0 Å². The Morgan fingerprint density at radius 1 is 1.05 bits per heavy atom. The molecule has 1 N–H and O–H groups in total. The number of hydrogen-bond donors (Lipinski definition) is 1. The fourth-order valence-electron chi connectivity index (χ4n) is 3.82. The van der Waals surface area contributed by atoms with Crippen LogP contribution in [0.3, 0.4) is 0 Å². The van der Waals surface area contributed by atoms with Crippen molar-refractivity contribution in [1.29, 1.82) is 0 Å². The van der Waals surface area contributed by atoms with Gasteiger partial charge in [0, 0.05) is 19.1 Å². The van der Waals surface area contributed by atoms with Gasteiger partial charge in [-0.05, 0) is 36.8 Å². The van der Waals surface area contributed by atoms with Crippen molar-refractivity contribution in [1.82, 2.24) is 0 Å². The lowest BCUT2D eigenvalue weighted by molar-refractivity contribution is 0.122. The zero-order valence-corrected chi connectivity index (χ0v) is 13.3. The van der Waals surface area contributed by atoms with Crippen molar-refractivity contribution < 1.29 is 4.74 Å². The number of nitrogens with zero attached hydrogens (tertiary/aromatic N) is 1. The number of ether oxygens (including phenoxy) is 1. The number of hydrogen-bond acceptors (Lipinski definition) is 3. The molecule has 2 unspecified atom stereocenters. The standard InChI is InChI=1S/C18H28N2O/c1-14-6-5-7-15(2)18(14)19-16-8-3-4-9-17(16)20-10-12-21-13-11-20/h3-4,8-9,14-15,18-19H,5-7,10-13H2,1-2H3. The van der Waals surface area contributed by atoms with Crippen molar-refractivity contribution in [2.75, 3.05) is 36.5 Å². The Hall–Kier alpha value is -1.22. The van der Waals surface area contributed by atoms with E-state index < -0.39 is 0 Å². The molecular weight excluding hydrogens is 260 g/mol. The summed E-state index contributed by atoms with van der Waals surface area (Å²) in [5.41, 5.74) is 2.63. The lowest BCUT2D eigenvalue weighted by atomic mass is 9.78. The minimum absolute atomic E-state index is 0.598. The normalized spacial score (nSPS) is 30.2. The van der Waals surface area contributed by atoms with E-state index in [2.05, 4.69) is 48.3 Å². The van der Waals surface area contributed by atoms with Crippen LogP contribution in [0.5, 0.6) is 0 Å². The summed E-state index contributed by atoms with van der Waals surface area (Å²) in [6, 6.07) is 9.36. The topological polar surface area (TPSA) is 24.5 Å². The molecule has 0 bridgehead atoms. The molecule has 2 fully saturated rings. The van der Waals surface area contributed by atoms with Gasteiger partial charge in [0.15, 0.2) is 0 Å². The molecule has 0 radical (unpaired) electrons. The van der Waals surface area contributed by atoms with Gasteiger partial charge in [0.25, 0.3) is 0 Å². The second-order valence-corrected chi connectivity index (χ2v) is 6.67. The quantitative estimate of drug-likeness (QED) is 0.916. The fourth-order valence-corrected chi connectivity index (χ4v) is 3.82. The van der Waals surface area contributed by atoms with Crippen LogP contribution in [0, 0.1) is 11.8 Å². The average molecular weight is 288 g/mol. The molecular formula is C18H28N2O. The highest BCUT2D eigenvalue weighted by Gasteiger charge is 2.28. The van der Waals surface area contributed by atoms with Crippen LogP contribution < -0.4 is 10.2 Å². The molecule has 0 amide bonds. The largest absolute Gasteiger partial charge is 0.380 e. The number of para-hydroxylation sites is 2. The third-order valence-corrected chi connectivity index (χ3v) is 5.12. The number of anilines is 2. The van der Waals surface area contributed by atoms with Crippen LogP contribution in [0.15, 0.2) is 24.3 Å². The molecule has 3 nitrogen and oxygen atoms in total. The van der Waals surface area contributed by atoms with E-state index in [1.54, 1.807) is 0 Å². The lowest BCUT2D eigenvalue weighted by Gasteiger charge is -2.38. The van der Waals surface area contributed by atoms with Gasteiger partial charge < -0.3 is 15.0 Å². The monoisotopic (exact) mass is 288 g/mol. The highest BCUT2D eigenvalue weighted by atomic mass is 16.5. The van der Waals surface area contributed by atoms with E-state index in [1.807, 2.05) is 0 Å². The number of nitrogens with one attached hydrogen (secondary N) is 1. The molecule has 1 aliphatic heterocycles. The van der Waals surface area contributed by atoms with Crippen molar-refractivity contribution in [3.8, 4) is 0 Å². The molecule has 0 aromatic heterocycles. The van der Waals surface area contributed by atoms with Gasteiger partial charge in [-0.2, -0.15) is 0 Å². The van der Waals surface area contributed by atoms with E-state index in [0.29, 0.717) is 6.04 Å². The first-order valence-electron chi connectivity index (χ1n) is 8.44. The minimum atomic E-state index is 0.598. The molecule has 21 heavy (non-hydrogen) atoms. The molecule has 3 heteroatoms. The van der Waals surface area contributed by atoms with E-state index in [4.69, 9.17) is 4.74 Å². The Morgan fingerprint density at radius 2 is 1.71 bits per heavy atom. The predicted molar refractivity (Wildman–Crippen MR) is 89.1 cm³/mol. The smallest absolute Gasteiger partial charge is 0.0642 e.